The molecule has 0 aliphatic heterocycles. The Morgan fingerprint density at radius 2 is 2.12 bits per heavy atom. The molecule has 8 heteroatoms. The number of aryl methyl sites for hydroxylation is 1. The summed E-state index contributed by atoms with van der Waals surface area (Å²) in [5.41, 5.74) is 0. The predicted molar refractivity (Wildman–Crippen MR) is 107 cm³/mol. The number of nitrogens with one attached hydrogen (secondary N) is 2. The molecule has 0 spiro atoms. The summed E-state index contributed by atoms with van der Waals surface area (Å²) in [6.07, 6.45) is 1.65. The third kappa shape index (κ3) is 6.60. The zero-order valence-corrected chi connectivity index (χ0v) is 17.0. The van der Waals surface area contributed by atoms with E-state index in [1.54, 1.807) is 36.6 Å². The quantitative estimate of drug-likeness (QED) is 0.391. The lowest BCUT2D eigenvalue weighted by Gasteiger charge is -2.17. The Labute approximate surface area is 162 Å². The molecule has 1 heterocycles. The van der Waals surface area contributed by atoms with Gasteiger partial charge in [0.1, 0.15) is 11.1 Å². The van der Waals surface area contributed by atoms with Crippen LogP contribution in [0.2, 0.25) is 0 Å². The highest BCUT2D eigenvalue weighted by atomic mass is 127. The Morgan fingerprint density at radius 1 is 1.38 bits per heavy atom. The van der Waals surface area contributed by atoms with Crippen LogP contribution >= 0.6 is 35.3 Å². The maximum atomic E-state index is 13.5. The van der Waals surface area contributed by atoms with Crippen LogP contribution in [-0.2, 0) is 6.54 Å². The molecule has 0 aliphatic rings. The Bertz CT molecular complexity index is 665. The van der Waals surface area contributed by atoms with E-state index in [0.29, 0.717) is 19.0 Å². The van der Waals surface area contributed by atoms with Crippen molar-refractivity contribution in [2.24, 2.45) is 4.99 Å². The van der Waals surface area contributed by atoms with Gasteiger partial charge in [-0.15, -0.1) is 35.3 Å². The molecule has 1 atom stereocenters. The SMILES string of the molecule is CN=C(NCc1ncc(C)s1)NCC(C)Oc1ccccc1F.I. The second-order valence-electron chi connectivity index (χ2n) is 5.03. The van der Waals surface area contributed by atoms with Crippen molar-refractivity contribution in [1.29, 1.82) is 0 Å². The Kier molecular flexibility index (Phi) is 8.98. The van der Waals surface area contributed by atoms with Gasteiger partial charge in [0.2, 0.25) is 0 Å². The van der Waals surface area contributed by atoms with E-state index in [1.165, 1.54) is 10.9 Å². The van der Waals surface area contributed by atoms with Crippen molar-refractivity contribution in [3.05, 3.63) is 46.2 Å². The molecule has 0 fully saturated rings. The Hall–Kier alpha value is -1.42. The zero-order chi connectivity index (χ0) is 16.7. The third-order valence-corrected chi connectivity index (χ3v) is 3.93. The second kappa shape index (κ2) is 10.4. The van der Waals surface area contributed by atoms with Gasteiger partial charge in [0.05, 0.1) is 13.1 Å². The molecule has 1 aromatic heterocycles. The van der Waals surface area contributed by atoms with Gasteiger partial charge in [-0.05, 0) is 26.0 Å². The van der Waals surface area contributed by atoms with E-state index in [4.69, 9.17) is 4.74 Å². The zero-order valence-electron chi connectivity index (χ0n) is 13.9. The van der Waals surface area contributed by atoms with E-state index < -0.39 is 0 Å². The minimum atomic E-state index is -0.360. The molecule has 0 aliphatic carbocycles. The van der Waals surface area contributed by atoms with E-state index in [9.17, 15) is 4.39 Å². The average molecular weight is 464 g/mol. The highest BCUT2D eigenvalue weighted by Crippen LogP contribution is 2.16. The van der Waals surface area contributed by atoms with Gasteiger partial charge < -0.3 is 15.4 Å². The van der Waals surface area contributed by atoms with Crippen LogP contribution in [0.4, 0.5) is 4.39 Å². The first-order valence-electron chi connectivity index (χ1n) is 7.35. The number of aromatic nitrogens is 1. The molecule has 1 unspecified atom stereocenters. The van der Waals surface area contributed by atoms with Gasteiger partial charge >= 0.3 is 0 Å². The second-order valence-corrected chi connectivity index (χ2v) is 6.35. The summed E-state index contributed by atoms with van der Waals surface area (Å²) in [5, 5.41) is 7.34. The van der Waals surface area contributed by atoms with Crippen LogP contribution in [0.1, 0.15) is 16.8 Å². The lowest BCUT2D eigenvalue weighted by Crippen LogP contribution is -2.41. The maximum absolute atomic E-state index is 13.5. The van der Waals surface area contributed by atoms with Crippen molar-refractivity contribution in [3.8, 4) is 5.75 Å². The van der Waals surface area contributed by atoms with Crippen LogP contribution in [0.15, 0.2) is 35.5 Å². The first kappa shape index (κ1) is 20.6. The van der Waals surface area contributed by atoms with Crippen LogP contribution in [0.25, 0.3) is 0 Å². The fraction of sp³-hybridized carbons (Fsp3) is 0.375. The van der Waals surface area contributed by atoms with Gasteiger partial charge in [0.15, 0.2) is 17.5 Å². The van der Waals surface area contributed by atoms with Gasteiger partial charge in [0.25, 0.3) is 0 Å². The number of hydrogen-bond acceptors (Lipinski definition) is 4. The van der Waals surface area contributed by atoms with Crippen molar-refractivity contribution < 1.29 is 9.13 Å². The average Bonchev–Trinajstić information content (AvgIpc) is 2.95. The van der Waals surface area contributed by atoms with Crippen molar-refractivity contribution in [2.45, 2.75) is 26.5 Å². The summed E-state index contributed by atoms with van der Waals surface area (Å²) in [6, 6.07) is 6.38. The molecule has 1 aromatic carbocycles. The van der Waals surface area contributed by atoms with Crippen molar-refractivity contribution in [3.63, 3.8) is 0 Å². The summed E-state index contributed by atoms with van der Waals surface area (Å²) >= 11 is 1.65. The highest BCUT2D eigenvalue weighted by molar-refractivity contribution is 14.0. The summed E-state index contributed by atoms with van der Waals surface area (Å²) in [6.45, 7) is 5.01. The van der Waals surface area contributed by atoms with Gasteiger partial charge in [-0.1, -0.05) is 12.1 Å². The third-order valence-electron chi connectivity index (χ3n) is 3.02. The number of thiazole rings is 1. The number of ether oxygens (including phenoxy) is 1. The highest BCUT2D eigenvalue weighted by Gasteiger charge is 2.09. The molecule has 2 N–H and O–H groups in total. The van der Waals surface area contributed by atoms with E-state index in [2.05, 4.69) is 20.6 Å². The molecule has 2 aromatic rings. The molecular formula is C16H22FIN4OS. The number of benzene rings is 1. The normalized spacial score (nSPS) is 12.2. The van der Waals surface area contributed by atoms with Gasteiger partial charge in [0, 0.05) is 18.1 Å². The van der Waals surface area contributed by atoms with Crippen molar-refractivity contribution in [2.75, 3.05) is 13.6 Å². The molecule has 132 valence electrons. The molecule has 24 heavy (non-hydrogen) atoms. The van der Waals surface area contributed by atoms with Crippen LogP contribution in [-0.4, -0.2) is 30.6 Å². The molecule has 0 saturated heterocycles. The number of nitrogens with zero attached hydrogens (tertiary/aromatic N) is 2. The standard InChI is InChI=1S/C16H21FN4OS.HI/c1-11(22-14-7-5-4-6-13(14)17)8-20-16(18-3)21-10-15-19-9-12(2)23-15;/h4-7,9,11H,8,10H2,1-3H3,(H2,18,20,21);1H. The van der Waals surface area contributed by atoms with Crippen molar-refractivity contribution >= 4 is 41.3 Å². The van der Waals surface area contributed by atoms with Gasteiger partial charge in [-0.3, -0.25) is 4.99 Å². The minimum absolute atomic E-state index is 0. The predicted octanol–water partition coefficient (Wildman–Crippen LogP) is 3.34. The molecule has 0 radical (unpaired) electrons. The smallest absolute Gasteiger partial charge is 0.191 e. The van der Waals surface area contributed by atoms with Crippen LogP contribution in [0.3, 0.4) is 0 Å². The summed E-state index contributed by atoms with van der Waals surface area (Å²) in [7, 11) is 1.70. The number of guanidine groups is 1. The lowest BCUT2D eigenvalue weighted by molar-refractivity contribution is 0.214. The number of halogens is 2. The lowest BCUT2D eigenvalue weighted by atomic mass is 10.3. The fourth-order valence-corrected chi connectivity index (χ4v) is 2.63. The van der Waals surface area contributed by atoms with E-state index in [1.807, 2.05) is 20.0 Å². The van der Waals surface area contributed by atoms with Gasteiger partial charge in [-0.2, -0.15) is 0 Å². The number of para-hydroxylation sites is 1. The van der Waals surface area contributed by atoms with Gasteiger partial charge in [-0.25, -0.2) is 9.37 Å². The molecule has 0 bridgehead atoms. The van der Waals surface area contributed by atoms with Crippen LogP contribution in [0.5, 0.6) is 5.75 Å². The van der Waals surface area contributed by atoms with E-state index in [0.717, 1.165) is 5.01 Å². The summed E-state index contributed by atoms with van der Waals surface area (Å²) < 4.78 is 19.1. The number of hydrogen-bond donors (Lipinski definition) is 2. The largest absolute Gasteiger partial charge is 0.486 e. The molecule has 5 nitrogen and oxygen atoms in total. The monoisotopic (exact) mass is 464 g/mol. The molecular weight excluding hydrogens is 442 g/mol. The van der Waals surface area contributed by atoms with Crippen LogP contribution < -0.4 is 15.4 Å². The Balaban J connectivity index is 0.00000288. The summed E-state index contributed by atoms with van der Waals surface area (Å²) in [5.74, 6) is 0.547. The minimum Gasteiger partial charge on any atom is -0.486 e. The number of rotatable bonds is 6. The van der Waals surface area contributed by atoms with E-state index >= 15 is 0 Å². The van der Waals surface area contributed by atoms with E-state index in [-0.39, 0.29) is 41.6 Å². The van der Waals surface area contributed by atoms with Crippen LogP contribution in [0, 0.1) is 12.7 Å². The Morgan fingerprint density at radius 3 is 2.75 bits per heavy atom. The van der Waals surface area contributed by atoms with Crippen molar-refractivity contribution in [1.82, 2.24) is 15.6 Å². The maximum Gasteiger partial charge on any atom is 0.191 e. The fourth-order valence-electron chi connectivity index (χ4n) is 1.90. The topological polar surface area (TPSA) is 58.5 Å². The molecule has 0 amide bonds. The molecule has 2 rings (SSSR count). The first-order chi connectivity index (χ1) is 11.1. The summed E-state index contributed by atoms with van der Waals surface area (Å²) in [4.78, 5) is 9.62. The first-order valence-corrected chi connectivity index (χ1v) is 8.17. The molecule has 0 saturated carbocycles. The number of aliphatic imine (C=N–C) groups is 1.